The highest BCUT2D eigenvalue weighted by Gasteiger charge is 2.08. The van der Waals surface area contributed by atoms with Crippen LogP contribution < -0.4 is 0 Å². The second kappa shape index (κ2) is 14.3. The van der Waals surface area contributed by atoms with Gasteiger partial charge in [-0.25, -0.2) is 19.9 Å². The topological polar surface area (TPSA) is 138 Å². The zero-order valence-electron chi connectivity index (χ0n) is 17.0. The van der Waals surface area contributed by atoms with Crippen LogP contribution in [-0.2, 0) is 0 Å². The molecule has 0 radical (unpaired) electrons. The van der Waals surface area contributed by atoms with E-state index in [1.165, 1.54) is 23.7 Å². The van der Waals surface area contributed by atoms with E-state index < -0.39 is 9.85 Å². The fraction of sp³-hybridized carbons (Fsp3) is 0.250. The lowest BCUT2D eigenvalue weighted by molar-refractivity contribution is -0.380. The highest BCUT2D eigenvalue weighted by atomic mass is 79.9. The molecule has 0 spiro atoms. The maximum Gasteiger partial charge on any atom is 0.343 e. The summed E-state index contributed by atoms with van der Waals surface area (Å²) in [6.07, 6.45) is 5.99. The molecule has 16 heteroatoms. The summed E-state index contributed by atoms with van der Waals surface area (Å²) < 4.78 is 1.86. The largest absolute Gasteiger partial charge is 0.343 e. The summed E-state index contributed by atoms with van der Waals surface area (Å²) in [6, 6.07) is 0. The monoisotopic (exact) mass is 598 g/mol. The standard InChI is InChI=1S/C4H4BrNS.C4H4ClNS.2C4H4N2O2S/c2*1-3-6-2-4(5)7-3;2*1-3-5-2-4(9-3)6(7)8/h2*2H,1H3;2*2H,1H3. The molecule has 0 bridgehead atoms. The van der Waals surface area contributed by atoms with Crippen LogP contribution in [0, 0.1) is 47.9 Å². The van der Waals surface area contributed by atoms with Crippen LogP contribution in [0.4, 0.5) is 10.0 Å². The number of hydrogen-bond acceptors (Lipinski definition) is 12. The van der Waals surface area contributed by atoms with Crippen LogP contribution in [0.2, 0.25) is 4.34 Å². The molecule has 0 aliphatic heterocycles. The number of rotatable bonds is 2. The Morgan fingerprint density at radius 3 is 1.22 bits per heavy atom. The maximum atomic E-state index is 9.99. The normalized spacial score (nSPS) is 9.44. The highest BCUT2D eigenvalue weighted by molar-refractivity contribution is 9.11. The molecule has 4 aromatic heterocycles. The predicted molar refractivity (Wildman–Crippen MR) is 133 cm³/mol. The van der Waals surface area contributed by atoms with Crippen molar-refractivity contribution in [3.05, 3.63) is 73.2 Å². The van der Waals surface area contributed by atoms with Gasteiger partial charge in [0.05, 0.1) is 46.1 Å². The third-order valence-corrected chi connectivity index (χ3v) is 6.91. The van der Waals surface area contributed by atoms with Crippen molar-refractivity contribution in [2.24, 2.45) is 0 Å². The van der Waals surface area contributed by atoms with Crippen molar-refractivity contribution in [2.75, 3.05) is 0 Å². The third kappa shape index (κ3) is 11.6. The average Bonchev–Trinajstić information content (AvgIpc) is 3.48. The van der Waals surface area contributed by atoms with Crippen molar-refractivity contribution in [3.63, 3.8) is 0 Å². The first-order valence-corrected chi connectivity index (χ1v) is 12.7. The van der Waals surface area contributed by atoms with Gasteiger partial charge in [-0.3, -0.25) is 20.2 Å². The van der Waals surface area contributed by atoms with Crippen molar-refractivity contribution >= 4 is 82.9 Å². The van der Waals surface area contributed by atoms with Crippen LogP contribution in [-0.4, -0.2) is 29.8 Å². The molecular formula is C16H16BrClN6O4S4. The molecule has 4 rings (SSSR count). The average molecular weight is 600 g/mol. The van der Waals surface area contributed by atoms with E-state index in [0.29, 0.717) is 0 Å². The molecule has 0 N–H and O–H groups in total. The summed E-state index contributed by atoms with van der Waals surface area (Å²) in [5, 5.41) is 23.8. The van der Waals surface area contributed by atoms with Crippen molar-refractivity contribution < 1.29 is 9.85 Å². The molecule has 0 aliphatic carbocycles. The van der Waals surface area contributed by atoms with Crippen molar-refractivity contribution in [2.45, 2.75) is 27.7 Å². The molecule has 4 aromatic rings. The Kier molecular flexibility index (Phi) is 12.6. The summed E-state index contributed by atoms with van der Waals surface area (Å²) in [7, 11) is 0. The molecule has 0 aliphatic rings. The van der Waals surface area contributed by atoms with E-state index in [1.54, 1.807) is 37.6 Å². The molecule has 0 fully saturated rings. The quantitative estimate of drug-likeness (QED) is 0.177. The predicted octanol–water partition coefficient (Wildman–Crippen LogP) is 7.04. The second-order valence-corrected chi connectivity index (χ2v) is 12.2. The zero-order valence-corrected chi connectivity index (χ0v) is 22.6. The molecular weight excluding hydrogens is 584 g/mol. The lowest BCUT2D eigenvalue weighted by Gasteiger charge is -1.76. The lowest BCUT2D eigenvalue weighted by Crippen LogP contribution is -1.80. The molecule has 32 heavy (non-hydrogen) atoms. The first kappa shape index (κ1) is 28.1. The molecule has 0 aromatic carbocycles. The Morgan fingerprint density at radius 1 is 0.719 bits per heavy atom. The molecule has 0 unspecified atom stereocenters. The van der Waals surface area contributed by atoms with E-state index in [2.05, 4.69) is 35.9 Å². The van der Waals surface area contributed by atoms with Gasteiger partial charge < -0.3 is 0 Å². The van der Waals surface area contributed by atoms with Crippen LogP contribution in [0.25, 0.3) is 0 Å². The fourth-order valence-electron chi connectivity index (χ4n) is 1.54. The first-order chi connectivity index (χ1) is 15.0. The summed E-state index contributed by atoms with van der Waals surface area (Å²) >= 11 is 14.1. The van der Waals surface area contributed by atoms with E-state index >= 15 is 0 Å². The fourth-order valence-corrected chi connectivity index (χ4v) is 4.89. The molecule has 0 saturated heterocycles. The van der Waals surface area contributed by atoms with E-state index in [4.69, 9.17) is 11.6 Å². The summed E-state index contributed by atoms with van der Waals surface area (Å²) in [5.74, 6) is 0. The van der Waals surface area contributed by atoms with Gasteiger partial charge in [-0.1, -0.05) is 11.6 Å². The lowest BCUT2D eigenvalue weighted by atomic mass is 10.8. The number of nitrogens with zero attached hydrogens (tertiary/aromatic N) is 6. The molecule has 0 amide bonds. The third-order valence-electron chi connectivity index (χ3n) is 2.76. The number of nitro groups is 2. The molecule has 4 heterocycles. The Labute approximate surface area is 212 Å². The van der Waals surface area contributed by atoms with Crippen LogP contribution in [0.3, 0.4) is 0 Å². The van der Waals surface area contributed by atoms with Gasteiger partial charge in [0.2, 0.25) is 0 Å². The molecule has 172 valence electrons. The van der Waals surface area contributed by atoms with Gasteiger partial charge in [0.15, 0.2) is 0 Å². The SMILES string of the molecule is Cc1ncc(Br)s1.Cc1ncc(Cl)s1.Cc1ncc([N+](=O)[O-])s1.Cc1ncc([N+](=O)[O-])s1. The van der Waals surface area contributed by atoms with Gasteiger partial charge in [0, 0.05) is 0 Å². The van der Waals surface area contributed by atoms with Crippen LogP contribution in [0.5, 0.6) is 0 Å². The minimum Gasteiger partial charge on any atom is -0.257 e. The molecule has 0 atom stereocenters. The Morgan fingerprint density at radius 2 is 1.09 bits per heavy atom. The van der Waals surface area contributed by atoms with E-state index in [9.17, 15) is 20.2 Å². The second-order valence-electron chi connectivity index (χ2n) is 5.32. The molecule has 0 saturated carbocycles. The Balaban J connectivity index is 0.000000215. The van der Waals surface area contributed by atoms with Crippen molar-refractivity contribution in [1.82, 2.24) is 19.9 Å². The van der Waals surface area contributed by atoms with Gasteiger partial charge in [0.25, 0.3) is 0 Å². The smallest absolute Gasteiger partial charge is 0.257 e. The van der Waals surface area contributed by atoms with Gasteiger partial charge in [0.1, 0.15) is 16.7 Å². The Hall–Kier alpha value is -1.91. The summed E-state index contributed by atoms with van der Waals surface area (Å²) in [6.45, 7) is 7.38. The number of halogens is 2. The Bertz CT molecular complexity index is 1020. The zero-order chi connectivity index (χ0) is 24.3. The number of aryl methyl sites for hydroxylation is 4. The number of thiazole rings is 4. The van der Waals surface area contributed by atoms with E-state index in [0.717, 1.165) is 50.8 Å². The number of hydrogen-bond donors (Lipinski definition) is 0. The molecule has 10 nitrogen and oxygen atoms in total. The minimum atomic E-state index is -0.440. The minimum absolute atomic E-state index is 0.104. The first-order valence-electron chi connectivity index (χ1n) is 8.27. The number of aromatic nitrogens is 4. The summed E-state index contributed by atoms with van der Waals surface area (Å²) in [5.41, 5.74) is 0. The van der Waals surface area contributed by atoms with Gasteiger partial charge >= 0.3 is 10.0 Å². The van der Waals surface area contributed by atoms with E-state index in [-0.39, 0.29) is 10.0 Å². The van der Waals surface area contributed by atoms with Crippen LogP contribution in [0.15, 0.2) is 28.6 Å². The van der Waals surface area contributed by atoms with Crippen molar-refractivity contribution in [3.8, 4) is 0 Å². The van der Waals surface area contributed by atoms with Gasteiger partial charge in [-0.2, -0.15) is 0 Å². The van der Waals surface area contributed by atoms with Crippen molar-refractivity contribution in [1.29, 1.82) is 0 Å². The maximum absolute atomic E-state index is 9.99. The van der Waals surface area contributed by atoms with Crippen LogP contribution in [0.1, 0.15) is 20.0 Å². The highest BCUT2D eigenvalue weighted by Crippen LogP contribution is 2.20. The van der Waals surface area contributed by atoms with Gasteiger partial charge in [-0.15, -0.1) is 22.7 Å². The van der Waals surface area contributed by atoms with E-state index in [1.807, 2.05) is 13.8 Å². The van der Waals surface area contributed by atoms with Gasteiger partial charge in [-0.05, 0) is 66.3 Å². The summed E-state index contributed by atoms with van der Waals surface area (Å²) in [4.78, 5) is 34.4. The van der Waals surface area contributed by atoms with Crippen LogP contribution >= 0.6 is 72.9 Å².